The number of hydrogen-bond acceptors (Lipinski definition) is 5. The van der Waals surface area contributed by atoms with Gasteiger partial charge in [-0.25, -0.2) is 9.07 Å². The van der Waals surface area contributed by atoms with Crippen molar-refractivity contribution in [1.82, 2.24) is 19.9 Å². The van der Waals surface area contributed by atoms with Gasteiger partial charge in [-0.1, -0.05) is 0 Å². The van der Waals surface area contributed by atoms with Crippen LogP contribution in [0.5, 0.6) is 0 Å². The maximum Gasteiger partial charge on any atom is 0.241 e. The number of nitrogens with two attached hydrogens (primary N) is 2. The number of anilines is 1. The molecule has 2 aromatic heterocycles. The molecule has 0 fully saturated rings. The highest BCUT2D eigenvalue weighted by Gasteiger charge is 2.09. The Hall–Kier alpha value is -2.18. The molecule has 2 heterocycles. The lowest BCUT2D eigenvalue weighted by Gasteiger charge is -1.99. The standard InChI is InChI=1S/C7H7FN6/c8-5-1-4(2-11-3-5)6-12-13-7(9)14(6)10/h1-3H,10H2,(H2,9,13). The van der Waals surface area contributed by atoms with Crippen molar-refractivity contribution in [3.05, 3.63) is 24.3 Å². The summed E-state index contributed by atoms with van der Waals surface area (Å²) in [6.07, 6.45) is 2.51. The lowest BCUT2D eigenvalue weighted by Crippen LogP contribution is -2.13. The predicted molar refractivity (Wildman–Crippen MR) is 47.8 cm³/mol. The molecule has 2 aromatic rings. The van der Waals surface area contributed by atoms with Gasteiger partial charge in [0.25, 0.3) is 0 Å². The van der Waals surface area contributed by atoms with Crippen LogP contribution in [0.1, 0.15) is 0 Å². The first-order chi connectivity index (χ1) is 6.68. The van der Waals surface area contributed by atoms with Crippen molar-refractivity contribution in [1.29, 1.82) is 0 Å². The summed E-state index contributed by atoms with van der Waals surface area (Å²) in [5.74, 6) is 5.36. The minimum Gasteiger partial charge on any atom is -0.366 e. The van der Waals surface area contributed by atoms with Crippen LogP contribution in [0.2, 0.25) is 0 Å². The summed E-state index contributed by atoms with van der Waals surface area (Å²) in [6.45, 7) is 0. The van der Waals surface area contributed by atoms with Gasteiger partial charge in [0.2, 0.25) is 5.95 Å². The minimum atomic E-state index is -0.468. The van der Waals surface area contributed by atoms with Crippen LogP contribution in [0.15, 0.2) is 18.5 Å². The highest BCUT2D eigenvalue weighted by molar-refractivity contribution is 5.55. The summed E-state index contributed by atoms with van der Waals surface area (Å²) in [7, 11) is 0. The zero-order valence-corrected chi connectivity index (χ0v) is 7.05. The van der Waals surface area contributed by atoms with Gasteiger partial charge < -0.3 is 11.6 Å². The van der Waals surface area contributed by atoms with Crippen LogP contribution in [0.3, 0.4) is 0 Å². The molecule has 72 valence electrons. The van der Waals surface area contributed by atoms with Crippen LogP contribution in [0.4, 0.5) is 10.3 Å². The van der Waals surface area contributed by atoms with Crippen LogP contribution in [0.25, 0.3) is 11.4 Å². The van der Waals surface area contributed by atoms with Crippen LogP contribution < -0.4 is 11.6 Å². The molecule has 0 saturated heterocycles. The summed E-state index contributed by atoms with van der Waals surface area (Å²) in [6, 6.07) is 1.25. The maximum absolute atomic E-state index is 12.8. The van der Waals surface area contributed by atoms with E-state index in [2.05, 4.69) is 15.2 Å². The minimum absolute atomic E-state index is 0.0595. The molecule has 0 atom stereocenters. The number of rotatable bonds is 1. The number of hydrogen-bond donors (Lipinski definition) is 2. The molecule has 0 amide bonds. The Labute approximate surface area is 78.4 Å². The quantitative estimate of drug-likeness (QED) is 0.611. The third kappa shape index (κ3) is 1.24. The van der Waals surface area contributed by atoms with Gasteiger partial charge in [-0.2, -0.15) is 0 Å². The lowest BCUT2D eigenvalue weighted by atomic mass is 10.3. The predicted octanol–water partition coefficient (Wildman–Crippen LogP) is -0.225. The second-order valence-corrected chi connectivity index (χ2v) is 2.64. The largest absolute Gasteiger partial charge is 0.366 e. The molecule has 0 aliphatic heterocycles. The molecule has 0 unspecified atom stereocenters. The Kier molecular flexibility index (Phi) is 1.77. The van der Waals surface area contributed by atoms with Crippen molar-refractivity contribution in [3.63, 3.8) is 0 Å². The smallest absolute Gasteiger partial charge is 0.241 e. The molecule has 0 saturated carbocycles. The van der Waals surface area contributed by atoms with Crippen molar-refractivity contribution in [2.45, 2.75) is 0 Å². The molecule has 0 spiro atoms. The van der Waals surface area contributed by atoms with Crippen LogP contribution in [-0.4, -0.2) is 19.9 Å². The Morgan fingerprint density at radius 1 is 1.29 bits per heavy atom. The van der Waals surface area contributed by atoms with Crippen molar-refractivity contribution in [2.24, 2.45) is 0 Å². The van der Waals surface area contributed by atoms with Crippen molar-refractivity contribution >= 4 is 5.95 Å². The maximum atomic E-state index is 12.8. The molecule has 7 heteroatoms. The molecule has 0 aromatic carbocycles. The van der Waals surface area contributed by atoms with Crippen molar-refractivity contribution in [3.8, 4) is 11.4 Å². The number of aromatic nitrogens is 4. The molecule has 14 heavy (non-hydrogen) atoms. The number of nitrogen functional groups attached to an aromatic ring is 2. The van der Waals surface area contributed by atoms with Gasteiger partial charge in [0.15, 0.2) is 5.82 Å². The van der Waals surface area contributed by atoms with Gasteiger partial charge in [0.1, 0.15) is 5.82 Å². The summed E-state index contributed by atoms with van der Waals surface area (Å²) in [4.78, 5) is 3.66. The van der Waals surface area contributed by atoms with E-state index >= 15 is 0 Å². The van der Waals surface area contributed by atoms with Crippen molar-refractivity contribution < 1.29 is 4.39 Å². The van der Waals surface area contributed by atoms with E-state index in [4.69, 9.17) is 11.6 Å². The Bertz CT molecular complexity index is 465. The van der Waals surface area contributed by atoms with E-state index in [1.165, 1.54) is 12.3 Å². The van der Waals surface area contributed by atoms with Gasteiger partial charge in [-0.15, -0.1) is 10.2 Å². The normalized spacial score (nSPS) is 10.4. The Balaban J connectivity index is 2.55. The molecule has 6 nitrogen and oxygen atoms in total. The number of nitrogens with zero attached hydrogens (tertiary/aromatic N) is 4. The van der Waals surface area contributed by atoms with Gasteiger partial charge in [0, 0.05) is 11.8 Å². The summed E-state index contributed by atoms with van der Waals surface area (Å²) in [5.41, 5.74) is 5.79. The van der Waals surface area contributed by atoms with Crippen LogP contribution in [0, 0.1) is 5.82 Å². The first-order valence-electron chi connectivity index (χ1n) is 3.75. The molecule has 0 bridgehead atoms. The topological polar surface area (TPSA) is 95.6 Å². The molecule has 2 rings (SSSR count). The Morgan fingerprint density at radius 2 is 2.07 bits per heavy atom. The van der Waals surface area contributed by atoms with Gasteiger partial charge >= 0.3 is 0 Å². The van der Waals surface area contributed by atoms with E-state index in [-0.39, 0.29) is 11.8 Å². The molecular weight excluding hydrogens is 187 g/mol. The van der Waals surface area contributed by atoms with Crippen molar-refractivity contribution in [2.75, 3.05) is 11.6 Å². The fourth-order valence-electron chi connectivity index (χ4n) is 1.03. The molecule has 0 aliphatic rings. The van der Waals surface area contributed by atoms with Gasteiger partial charge in [-0.3, -0.25) is 4.98 Å². The van der Waals surface area contributed by atoms with Gasteiger partial charge in [0.05, 0.1) is 6.20 Å². The fourth-order valence-corrected chi connectivity index (χ4v) is 1.03. The second kappa shape index (κ2) is 2.95. The first kappa shape index (κ1) is 8.42. The zero-order valence-electron chi connectivity index (χ0n) is 7.05. The highest BCUT2D eigenvalue weighted by atomic mass is 19.1. The average Bonchev–Trinajstić information content (AvgIpc) is 2.48. The third-order valence-electron chi connectivity index (χ3n) is 1.69. The van der Waals surface area contributed by atoms with E-state index in [0.29, 0.717) is 5.56 Å². The molecule has 4 N–H and O–H groups in total. The summed E-state index contributed by atoms with van der Waals surface area (Å²) < 4.78 is 13.9. The fraction of sp³-hybridized carbons (Fsp3) is 0. The van der Waals surface area contributed by atoms with E-state index in [1.54, 1.807) is 0 Å². The molecule has 0 aliphatic carbocycles. The summed E-state index contributed by atoms with van der Waals surface area (Å²) in [5, 5.41) is 7.22. The van der Waals surface area contributed by atoms with Gasteiger partial charge in [-0.05, 0) is 6.07 Å². The van der Waals surface area contributed by atoms with E-state index in [0.717, 1.165) is 10.9 Å². The third-order valence-corrected chi connectivity index (χ3v) is 1.69. The monoisotopic (exact) mass is 194 g/mol. The molecule has 0 radical (unpaired) electrons. The van der Waals surface area contributed by atoms with E-state index in [1.807, 2.05) is 0 Å². The summed E-state index contributed by atoms with van der Waals surface area (Å²) >= 11 is 0. The van der Waals surface area contributed by atoms with Crippen LogP contribution in [-0.2, 0) is 0 Å². The first-order valence-corrected chi connectivity index (χ1v) is 3.75. The number of halogens is 1. The Morgan fingerprint density at radius 3 is 2.64 bits per heavy atom. The lowest BCUT2D eigenvalue weighted by molar-refractivity contribution is 0.621. The second-order valence-electron chi connectivity index (χ2n) is 2.64. The molecular formula is C7H7FN6. The van der Waals surface area contributed by atoms with Crippen LogP contribution >= 0.6 is 0 Å². The SMILES string of the molecule is Nc1nnc(-c2cncc(F)c2)n1N. The zero-order chi connectivity index (χ0) is 10.1. The van der Waals surface area contributed by atoms with E-state index < -0.39 is 5.82 Å². The highest BCUT2D eigenvalue weighted by Crippen LogP contribution is 2.16. The average molecular weight is 194 g/mol. The van der Waals surface area contributed by atoms with E-state index in [9.17, 15) is 4.39 Å². The number of pyridine rings is 1.